The first-order chi connectivity index (χ1) is 15.1. The standard InChI is InChI=1S/C23H24N2O5S/c1-17(26)25(19-7-4-3-5-8-19)23-24-18(16-31-23)15-30-22(27)9-6-14-29-21-12-10-20(28-2)11-13-21/h3-5,7-8,10-13,16H,6,9,14-15H2,1-2H3. The van der Waals surface area contributed by atoms with Crippen molar-refractivity contribution in [3.8, 4) is 11.5 Å². The largest absolute Gasteiger partial charge is 0.497 e. The molecule has 3 rings (SSSR count). The van der Waals surface area contributed by atoms with Crippen LogP contribution in [-0.2, 0) is 20.9 Å². The summed E-state index contributed by atoms with van der Waals surface area (Å²) >= 11 is 1.33. The number of methoxy groups -OCH3 is 1. The average Bonchev–Trinajstić information content (AvgIpc) is 3.24. The Balaban J connectivity index is 1.43. The zero-order valence-electron chi connectivity index (χ0n) is 17.4. The Hall–Kier alpha value is -3.39. The maximum atomic E-state index is 12.1. The van der Waals surface area contributed by atoms with E-state index >= 15 is 0 Å². The third-order valence-corrected chi connectivity index (χ3v) is 5.17. The molecule has 0 atom stereocenters. The van der Waals surface area contributed by atoms with Crippen LogP contribution in [0.1, 0.15) is 25.5 Å². The molecule has 162 valence electrons. The third-order valence-electron chi connectivity index (χ3n) is 4.29. The van der Waals surface area contributed by atoms with Crippen LogP contribution in [0.25, 0.3) is 0 Å². The highest BCUT2D eigenvalue weighted by Crippen LogP contribution is 2.28. The van der Waals surface area contributed by atoms with Crippen LogP contribution in [0.15, 0.2) is 60.0 Å². The number of aromatic nitrogens is 1. The van der Waals surface area contributed by atoms with Gasteiger partial charge in [-0.1, -0.05) is 18.2 Å². The number of carbonyl (C=O) groups excluding carboxylic acids is 2. The fourth-order valence-electron chi connectivity index (χ4n) is 2.77. The Morgan fingerprint density at radius 3 is 2.42 bits per heavy atom. The molecular formula is C23H24N2O5S. The highest BCUT2D eigenvalue weighted by Gasteiger charge is 2.18. The molecule has 8 heteroatoms. The van der Waals surface area contributed by atoms with Crippen LogP contribution in [-0.4, -0.2) is 30.6 Å². The summed E-state index contributed by atoms with van der Waals surface area (Å²) in [4.78, 5) is 30.1. The Morgan fingerprint density at radius 1 is 1.03 bits per heavy atom. The van der Waals surface area contributed by atoms with Crippen molar-refractivity contribution in [2.24, 2.45) is 0 Å². The number of hydrogen-bond acceptors (Lipinski definition) is 7. The predicted octanol–water partition coefficient (Wildman–Crippen LogP) is 4.74. The van der Waals surface area contributed by atoms with E-state index in [9.17, 15) is 9.59 Å². The molecule has 0 aliphatic carbocycles. The van der Waals surface area contributed by atoms with Crippen LogP contribution in [0.3, 0.4) is 0 Å². The summed E-state index contributed by atoms with van der Waals surface area (Å²) in [5.41, 5.74) is 1.34. The smallest absolute Gasteiger partial charge is 0.306 e. The molecule has 2 aromatic carbocycles. The number of nitrogens with zero attached hydrogens (tertiary/aromatic N) is 2. The van der Waals surface area contributed by atoms with E-state index in [-0.39, 0.29) is 24.9 Å². The van der Waals surface area contributed by atoms with Crippen LogP contribution in [0.2, 0.25) is 0 Å². The topological polar surface area (TPSA) is 78.0 Å². The van der Waals surface area contributed by atoms with E-state index in [0.717, 1.165) is 17.2 Å². The second-order valence-corrected chi connectivity index (χ2v) is 7.44. The molecular weight excluding hydrogens is 416 g/mol. The lowest BCUT2D eigenvalue weighted by atomic mass is 10.3. The Bertz CT molecular complexity index is 989. The molecule has 0 fully saturated rings. The van der Waals surface area contributed by atoms with E-state index in [2.05, 4.69) is 4.98 Å². The van der Waals surface area contributed by atoms with Crippen LogP contribution in [0.4, 0.5) is 10.8 Å². The summed E-state index contributed by atoms with van der Waals surface area (Å²) < 4.78 is 16.0. The van der Waals surface area contributed by atoms with Gasteiger partial charge in [0.2, 0.25) is 5.91 Å². The average molecular weight is 441 g/mol. The van der Waals surface area contributed by atoms with E-state index in [1.54, 1.807) is 12.5 Å². The number of hydrogen-bond donors (Lipinski definition) is 0. The monoisotopic (exact) mass is 440 g/mol. The molecule has 0 N–H and O–H groups in total. The first-order valence-electron chi connectivity index (χ1n) is 9.79. The number of thiazole rings is 1. The molecule has 0 saturated heterocycles. The second-order valence-electron chi connectivity index (χ2n) is 6.60. The molecule has 0 bridgehead atoms. The Labute approximate surface area is 185 Å². The molecule has 0 spiro atoms. The van der Waals surface area contributed by atoms with Crippen molar-refractivity contribution in [1.82, 2.24) is 4.98 Å². The minimum absolute atomic E-state index is 0.0647. The molecule has 7 nitrogen and oxygen atoms in total. The lowest BCUT2D eigenvalue weighted by Gasteiger charge is -2.17. The van der Waals surface area contributed by atoms with Crippen LogP contribution in [0.5, 0.6) is 11.5 Å². The van der Waals surface area contributed by atoms with Gasteiger partial charge in [0.1, 0.15) is 18.1 Å². The maximum absolute atomic E-state index is 12.1. The van der Waals surface area contributed by atoms with Crippen molar-refractivity contribution in [3.63, 3.8) is 0 Å². The van der Waals surface area contributed by atoms with Gasteiger partial charge >= 0.3 is 5.97 Å². The molecule has 0 radical (unpaired) electrons. The number of benzene rings is 2. The zero-order valence-corrected chi connectivity index (χ0v) is 18.3. The summed E-state index contributed by atoms with van der Waals surface area (Å²) in [6.45, 7) is 1.96. The zero-order chi connectivity index (χ0) is 22.1. The number of rotatable bonds is 10. The van der Waals surface area contributed by atoms with Gasteiger partial charge in [-0.2, -0.15) is 0 Å². The van der Waals surface area contributed by atoms with Crippen LogP contribution >= 0.6 is 11.3 Å². The predicted molar refractivity (Wildman–Crippen MR) is 119 cm³/mol. The molecule has 1 heterocycles. The quantitative estimate of drug-likeness (QED) is 0.335. The number of para-hydroxylation sites is 1. The number of anilines is 2. The van der Waals surface area contributed by atoms with Gasteiger partial charge in [0.05, 0.1) is 25.1 Å². The van der Waals surface area contributed by atoms with Gasteiger partial charge in [-0.05, 0) is 42.8 Å². The molecule has 0 saturated carbocycles. The minimum Gasteiger partial charge on any atom is -0.497 e. The van der Waals surface area contributed by atoms with Crippen molar-refractivity contribution in [3.05, 3.63) is 65.7 Å². The van der Waals surface area contributed by atoms with E-state index in [1.807, 2.05) is 54.6 Å². The van der Waals surface area contributed by atoms with E-state index in [1.165, 1.54) is 23.2 Å². The van der Waals surface area contributed by atoms with Gasteiger partial charge in [0.15, 0.2) is 5.13 Å². The third kappa shape index (κ3) is 6.55. The first kappa shape index (κ1) is 22.3. The number of ether oxygens (including phenoxy) is 3. The van der Waals surface area contributed by atoms with Crippen molar-refractivity contribution in [1.29, 1.82) is 0 Å². The van der Waals surface area contributed by atoms with E-state index < -0.39 is 0 Å². The minimum atomic E-state index is -0.320. The maximum Gasteiger partial charge on any atom is 0.306 e. The van der Waals surface area contributed by atoms with E-state index in [4.69, 9.17) is 14.2 Å². The summed E-state index contributed by atoms with van der Waals surface area (Å²) in [7, 11) is 1.61. The summed E-state index contributed by atoms with van der Waals surface area (Å²) in [6, 6.07) is 16.6. The number of esters is 1. The first-order valence-corrected chi connectivity index (χ1v) is 10.7. The van der Waals surface area contributed by atoms with Crippen LogP contribution in [0, 0.1) is 0 Å². The van der Waals surface area contributed by atoms with Gasteiger partial charge in [-0.25, -0.2) is 4.98 Å². The van der Waals surface area contributed by atoms with Gasteiger partial charge in [0, 0.05) is 18.7 Å². The van der Waals surface area contributed by atoms with E-state index in [0.29, 0.717) is 23.9 Å². The fraction of sp³-hybridized carbons (Fsp3) is 0.261. The van der Waals surface area contributed by atoms with Crippen LogP contribution < -0.4 is 14.4 Å². The molecule has 31 heavy (non-hydrogen) atoms. The lowest BCUT2D eigenvalue weighted by Crippen LogP contribution is -2.22. The Kier molecular flexibility index (Phi) is 8.00. The summed E-state index contributed by atoms with van der Waals surface area (Å²) in [5.74, 6) is 1.02. The molecule has 0 unspecified atom stereocenters. The van der Waals surface area contributed by atoms with Crippen molar-refractivity contribution < 1.29 is 23.8 Å². The highest BCUT2D eigenvalue weighted by molar-refractivity contribution is 7.14. The normalized spacial score (nSPS) is 10.4. The summed E-state index contributed by atoms with van der Waals surface area (Å²) in [6.07, 6.45) is 0.788. The van der Waals surface area contributed by atoms with Gasteiger partial charge in [0.25, 0.3) is 0 Å². The van der Waals surface area contributed by atoms with Crippen molar-refractivity contribution in [2.45, 2.75) is 26.4 Å². The fourth-order valence-corrected chi connectivity index (χ4v) is 3.65. The Morgan fingerprint density at radius 2 is 1.74 bits per heavy atom. The molecule has 0 aliphatic heterocycles. The van der Waals surface area contributed by atoms with Crippen molar-refractivity contribution in [2.75, 3.05) is 18.6 Å². The number of amides is 1. The lowest BCUT2D eigenvalue weighted by molar-refractivity contribution is -0.145. The molecule has 1 aromatic heterocycles. The molecule has 3 aromatic rings. The molecule has 1 amide bonds. The van der Waals surface area contributed by atoms with Gasteiger partial charge in [-0.3, -0.25) is 14.5 Å². The van der Waals surface area contributed by atoms with Gasteiger partial charge in [-0.15, -0.1) is 11.3 Å². The number of carbonyl (C=O) groups is 2. The highest BCUT2D eigenvalue weighted by atomic mass is 32.1. The summed E-state index contributed by atoms with van der Waals surface area (Å²) in [5, 5.41) is 2.33. The molecule has 0 aliphatic rings. The van der Waals surface area contributed by atoms with Gasteiger partial charge < -0.3 is 14.2 Å². The van der Waals surface area contributed by atoms with Crippen molar-refractivity contribution >= 4 is 34.0 Å². The SMILES string of the molecule is COc1ccc(OCCCC(=O)OCc2csc(N(C(C)=O)c3ccccc3)n2)cc1. The second kappa shape index (κ2) is 11.1.